The zero-order valence-electron chi connectivity index (χ0n) is 17.9. The summed E-state index contributed by atoms with van der Waals surface area (Å²) in [5.74, 6) is -3.09. The Morgan fingerprint density at radius 3 is 2.23 bits per heavy atom. The third-order valence-corrected chi connectivity index (χ3v) is 7.21. The SMILES string of the molecule is CCCCCC1CCC(C2(C(C(=O)O)C(=O)O)C=CC(c3ccccc3)=CC2)CC1. The van der Waals surface area contributed by atoms with Crippen molar-refractivity contribution in [2.45, 2.75) is 64.7 Å². The first kappa shape index (κ1) is 22.3. The Bertz CT molecular complexity index is 773. The molecule has 0 heterocycles. The lowest BCUT2D eigenvalue weighted by Gasteiger charge is -2.45. The summed E-state index contributed by atoms with van der Waals surface area (Å²) in [6.07, 6.45) is 15.3. The Morgan fingerprint density at radius 1 is 1.03 bits per heavy atom. The molecule has 1 unspecified atom stereocenters. The van der Waals surface area contributed by atoms with Crippen LogP contribution in [0.15, 0.2) is 48.6 Å². The Hall–Kier alpha value is -2.36. The third kappa shape index (κ3) is 4.85. The van der Waals surface area contributed by atoms with Crippen LogP contribution in [0.4, 0.5) is 0 Å². The zero-order valence-corrected chi connectivity index (χ0v) is 17.9. The van der Waals surface area contributed by atoms with Gasteiger partial charge in [-0.2, -0.15) is 0 Å². The van der Waals surface area contributed by atoms with E-state index in [1.807, 2.05) is 48.6 Å². The number of carboxylic acid groups (broad SMARTS) is 2. The van der Waals surface area contributed by atoms with E-state index in [0.29, 0.717) is 12.3 Å². The minimum absolute atomic E-state index is 0.0851. The summed E-state index contributed by atoms with van der Waals surface area (Å²) in [5, 5.41) is 19.7. The number of hydrogen-bond acceptors (Lipinski definition) is 2. The van der Waals surface area contributed by atoms with E-state index in [1.54, 1.807) is 0 Å². The van der Waals surface area contributed by atoms with Crippen molar-refractivity contribution in [3.8, 4) is 0 Å². The van der Waals surface area contributed by atoms with Crippen molar-refractivity contribution in [1.29, 1.82) is 0 Å². The van der Waals surface area contributed by atoms with Gasteiger partial charge >= 0.3 is 11.9 Å². The maximum Gasteiger partial charge on any atom is 0.318 e. The first-order valence-electron chi connectivity index (χ1n) is 11.4. The van der Waals surface area contributed by atoms with E-state index < -0.39 is 23.3 Å². The quantitative estimate of drug-likeness (QED) is 0.376. The van der Waals surface area contributed by atoms with E-state index in [2.05, 4.69) is 6.92 Å². The highest BCUT2D eigenvalue weighted by Crippen LogP contribution is 2.52. The second-order valence-electron chi connectivity index (χ2n) is 9.00. The molecule has 30 heavy (non-hydrogen) atoms. The van der Waals surface area contributed by atoms with Crippen LogP contribution in [0.2, 0.25) is 0 Å². The predicted octanol–water partition coefficient (Wildman–Crippen LogP) is 6.19. The van der Waals surface area contributed by atoms with Crippen molar-refractivity contribution in [3.63, 3.8) is 0 Å². The predicted molar refractivity (Wildman–Crippen MR) is 119 cm³/mol. The van der Waals surface area contributed by atoms with E-state index in [1.165, 1.54) is 25.7 Å². The van der Waals surface area contributed by atoms with E-state index in [4.69, 9.17) is 0 Å². The number of carbonyl (C=O) groups is 2. The van der Waals surface area contributed by atoms with Crippen molar-refractivity contribution in [2.24, 2.45) is 23.2 Å². The van der Waals surface area contributed by atoms with Crippen LogP contribution in [0.25, 0.3) is 5.57 Å². The number of benzene rings is 1. The molecule has 0 amide bonds. The van der Waals surface area contributed by atoms with Crippen molar-refractivity contribution in [2.75, 3.05) is 0 Å². The molecule has 0 aromatic heterocycles. The zero-order chi connectivity index (χ0) is 21.6. The van der Waals surface area contributed by atoms with E-state index >= 15 is 0 Å². The summed E-state index contributed by atoms with van der Waals surface area (Å²) in [6, 6.07) is 9.96. The van der Waals surface area contributed by atoms with Gasteiger partial charge in [0.25, 0.3) is 0 Å². The largest absolute Gasteiger partial charge is 0.481 e. The van der Waals surface area contributed by atoms with Gasteiger partial charge in [-0.15, -0.1) is 0 Å². The highest BCUT2D eigenvalue weighted by Gasteiger charge is 2.51. The van der Waals surface area contributed by atoms with Gasteiger partial charge in [-0.25, -0.2) is 0 Å². The Balaban J connectivity index is 1.81. The van der Waals surface area contributed by atoms with Gasteiger partial charge in [-0.05, 0) is 42.2 Å². The lowest BCUT2D eigenvalue weighted by molar-refractivity contribution is -0.162. The molecule has 2 aliphatic carbocycles. The summed E-state index contributed by atoms with van der Waals surface area (Å²) in [5.41, 5.74) is 1.25. The summed E-state index contributed by atoms with van der Waals surface area (Å²) >= 11 is 0. The van der Waals surface area contributed by atoms with E-state index in [9.17, 15) is 19.8 Å². The minimum atomic E-state index is -1.41. The Morgan fingerprint density at radius 2 is 1.70 bits per heavy atom. The maximum atomic E-state index is 12.0. The second kappa shape index (κ2) is 10.1. The Kier molecular flexibility index (Phi) is 7.52. The van der Waals surface area contributed by atoms with E-state index in [-0.39, 0.29) is 5.92 Å². The van der Waals surface area contributed by atoms with Crippen molar-refractivity contribution < 1.29 is 19.8 Å². The van der Waals surface area contributed by atoms with Crippen LogP contribution >= 0.6 is 0 Å². The molecule has 3 rings (SSSR count). The third-order valence-electron chi connectivity index (χ3n) is 7.21. The normalized spacial score (nSPS) is 26.4. The molecule has 0 saturated heterocycles. The van der Waals surface area contributed by atoms with Gasteiger partial charge in [0.2, 0.25) is 0 Å². The fourth-order valence-corrected chi connectivity index (χ4v) is 5.50. The molecule has 0 spiro atoms. The number of aliphatic carboxylic acids is 2. The smallest absolute Gasteiger partial charge is 0.318 e. The van der Waals surface area contributed by atoms with Gasteiger partial charge < -0.3 is 10.2 Å². The molecule has 0 bridgehead atoms. The van der Waals surface area contributed by atoms with Crippen LogP contribution in [0.1, 0.15) is 70.3 Å². The molecule has 1 aromatic carbocycles. The molecule has 162 valence electrons. The number of carboxylic acids is 2. The van der Waals surface area contributed by atoms with Crippen molar-refractivity contribution in [3.05, 3.63) is 54.1 Å². The topological polar surface area (TPSA) is 74.6 Å². The van der Waals surface area contributed by atoms with Gasteiger partial charge in [0.1, 0.15) is 0 Å². The Labute approximate surface area is 179 Å². The van der Waals surface area contributed by atoms with Crippen molar-refractivity contribution >= 4 is 17.5 Å². The molecule has 1 saturated carbocycles. The summed E-state index contributed by atoms with van der Waals surface area (Å²) in [4.78, 5) is 24.1. The highest BCUT2D eigenvalue weighted by atomic mass is 16.4. The van der Waals surface area contributed by atoms with Gasteiger partial charge in [0.05, 0.1) is 0 Å². The van der Waals surface area contributed by atoms with Gasteiger partial charge in [0.15, 0.2) is 5.92 Å². The van der Waals surface area contributed by atoms with Crippen LogP contribution in [0, 0.1) is 23.2 Å². The van der Waals surface area contributed by atoms with Gasteiger partial charge in [0, 0.05) is 5.41 Å². The number of allylic oxidation sites excluding steroid dienone is 4. The molecule has 1 aromatic rings. The summed E-state index contributed by atoms with van der Waals surface area (Å²) in [7, 11) is 0. The molecular weight excluding hydrogens is 376 g/mol. The minimum Gasteiger partial charge on any atom is -0.481 e. The second-order valence-corrected chi connectivity index (χ2v) is 9.00. The van der Waals surface area contributed by atoms with Crippen LogP contribution in [-0.4, -0.2) is 22.2 Å². The summed E-state index contributed by atoms with van der Waals surface area (Å²) in [6.45, 7) is 2.21. The molecule has 0 aliphatic heterocycles. The fraction of sp³-hybridized carbons (Fsp3) is 0.538. The van der Waals surface area contributed by atoms with Gasteiger partial charge in [-0.1, -0.05) is 94.0 Å². The summed E-state index contributed by atoms with van der Waals surface area (Å²) < 4.78 is 0. The van der Waals surface area contributed by atoms with Gasteiger partial charge in [-0.3, -0.25) is 9.59 Å². The maximum absolute atomic E-state index is 12.0. The molecular formula is C26H34O4. The standard InChI is InChI=1S/C26H34O4/c1-2-3-5-8-19-11-13-22(14-12-19)26(23(24(27)28)25(29)30)17-15-21(16-18-26)20-9-6-4-7-10-20/h4,6-7,9-10,15-17,19,22-23H,2-3,5,8,11-14,18H2,1H3,(H,27,28)(H,29,30). The van der Waals surface area contributed by atoms with Crippen LogP contribution in [0.3, 0.4) is 0 Å². The van der Waals surface area contributed by atoms with Crippen LogP contribution in [-0.2, 0) is 9.59 Å². The lowest BCUT2D eigenvalue weighted by atomic mass is 9.57. The number of hydrogen-bond donors (Lipinski definition) is 2. The molecule has 1 atom stereocenters. The number of rotatable bonds is 9. The molecule has 4 heteroatoms. The molecule has 0 radical (unpaired) electrons. The average molecular weight is 411 g/mol. The lowest BCUT2D eigenvalue weighted by Crippen LogP contribution is -2.46. The van der Waals surface area contributed by atoms with Crippen LogP contribution < -0.4 is 0 Å². The van der Waals surface area contributed by atoms with E-state index in [0.717, 1.165) is 36.8 Å². The molecule has 2 N–H and O–H groups in total. The molecule has 2 aliphatic rings. The molecule has 1 fully saturated rings. The first-order valence-corrected chi connectivity index (χ1v) is 11.4. The van der Waals surface area contributed by atoms with Crippen LogP contribution in [0.5, 0.6) is 0 Å². The monoisotopic (exact) mass is 410 g/mol. The van der Waals surface area contributed by atoms with Crippen molar-refractivity contribution in [1.82, 2.24) is 0 Å². The number of unbranched alkanes of at least 4 members (excludes halogenated alkanes) is 2. The molecule has 4 nitrogen and oxygen atoms in total. The highest BCUT2D eigenvalue weighted by molar-refractivity contribution is 5.95. The fourth-order valence-electron chi connectivity index (χ4n) is 5.50. The average Bonchev–Trinajstić information content (AvgIpc) is 2.75. The first-order chi connectivity index (χ1) is 14.5.